The van der Waals surface area contributed by atoms with E-state index in [0.717, 1.165) is 5.69 Å². The van der Waals surface area contributed by atoms with Crippen LogP contribution in [0.3, 0.4) is 0 Å². The molecule has 1 aromatic heterocycles. The van der Waals surface area contributed by atoms with Crippen LogP contribution < -0.4 is 15.4 Å². The first kappa shape index (κ1) is 14.3. The molecule has 1 aromatic carbocycles. The Morgan fingerprint density at radius 3 is 2.70 bits per heavy atom. The third-order valence-corrected chi connectivity index (χ3v) is 3.15. The topological polar surface area (TPSA) is 46.2 Å². The Labute approximate surface area is 124 Å². The van der Waals surface area contributed by atoms with Gasteiger partial charge >= 0.3 is 0 Å². The predicted molar refractivity (Wildman–Crippen MR) is 85.0 cm³/mol. The zero-order chi connectivity index (χ0) is 14.4. The van der Waals surface area contributed by atoms with Gasteiger partial charge in [-0.25, -0.2) is 4.98 Å². The number of hydrogen-bond donors (Lipinski definition) is 2. The lowest BCUT2D eigenvalue weighted by atomic mass is 10.1. The summed E-state index contributed by atoms with van der Waals surface area (Å²) in [4.78, 5) is 4.11. The van der Waals surface area contributed by atoms with E-state index < -0.39 is 0 Å². The van der Waals surface area contributed by atoms with Gasteiger partial charge in [-0.2, -0.15) is 0 Å². The summed E-state index contributed by atoms with van der Waals surface area (Å²) >= 11 is 5.26. The van der Waals surface area contributed by atoms with Crippen molar-refractivity contribution in [3.63, 3.8) is 0 Å². The van der Waals surface area contributed by atoms with Gasteiger partial charge in [-0.3, -0.25) is 0 Å². The standard InChI is InChI=1S/C15H17N3OS/c1-11-5-3-4-6-12(11)9-17-15(20)18-13-7-8-14(19-2)16-10-13/h3-8,10H,9H2,1-2H3,(H2,17,18,20). The number of anilines is 1. The van der Waals surface area contributed by atoms with Gasteiger partial charge in [-0.05, 0) is 36.3 Å². The van der Waals surface area contributed by atoms with Gasteiger partial charge in [0.1, 0.15) is 0 Å². The minimum absolute atomic E-state index is 0.570. The normalized spacial score (nSPS) is 9.90. The van der Waals surface area contributed by atoms with Crippen molar-refractivity contribution >= 4 is 23.0 Å². The van der Waals surface area contributed by atoms with Crippen molar-refractivity contribution in [3.8, 4) is 5.88 Å². The van der Waals surface area contributed by atoms with Crippen molar-refractivity contribution < 1.29 is 4.74 Å². The van der Waals surface area contributed by atoms with Crippen molar-refractivity contribution in [2.24, 2.45) is 0 Å². The van der Waals surface area contributed by atoms with Crippen LogP contribution in [0.4, 0.5) is 5.69 Å². The van der Waals surface area contributed by atoms with Crippen molar-refractivity contribution in [1.29, 1.82) is 0 Å². The molecule has 104 valence electrons. The second-order valence-electron chi connectivity index (χ2n) is 4.32. The minimum Gasteiger partial charge on any atom is -0.481 e. The van der Waals surface area contributed by atoms with Crippen LogP contribution in [0.15, 0.2) is 42.6 Å². The Morgan fingerprint density at radius 2 is 2.05 bits per heavy atom. The smallest absolute Gasteiger partial charge is 0.213 e. The molecule has 5 heteroatoms. The van der Waals surface area contributed by atoms with E-state index in [1.54, 1.807) is 19.4 Å². The monoisotopic (exact) mass is 287 g/mol. The highest BCUT2D eigenvalue weighted by Gasteiger charge is 2.01. The van der Waals surface area contributed by atoms with E-state index in [1.807, 2.05) is 18.2 Å². The number of methoxy groups -OCH3 is 1. The lowest BCUT2D eigenvalue weighted by Crippen LogP contribution is -2.28. The highest BCUT2D eigenvalue weighted by Crippen LogP contribution is 2.11. The van der Waals surface area contributed by atoms with Crippen molar-refractivity contribution in [2.75, 3.05) is 12.4 Å². The fourth-order valence-corrected chi connectivity index (χ4v) is 1.92. The Hall–Kier alpha value is -2.14. The number of aryl methyl sites for hydroxylation is 1. The fraction of sp³-hybridized carbons (Fsp3) is 0.200. The molecule has 4 nitrogen and oxygen atoms in total. The molecule has 0 aliphatic rings. The number of ether oxygens (including phenoxy) is 1. The molecule has 0 amide bonds. The average molecular weight is 287 g/mol. The van der Waals surface area contributed by atoms with Crippen molar-refractivity contribution in [1.82, 2.24) is 10.3 Å². The van der Waals surface area contributed by atoms with Gasteiger partial charge in [0.15, 0.2) is 5.11 Å². The molecule has 20 heavy (non-hydrogen) atoms. The molecule has 0 saturated heterocycles. The highest BCUT2D eigenvalue weighted by molar-refractivity contribution is 7.80. The molecule has 0 spiro atoms. The van der Waals surface area contributed by atoms with Crippen molar-refractivity contribution in [3.05, 3.63) is 53.7 Å². The first-order valence-corrected chi connectivity index (χ1v) is 6.69. The molecule has 2 N–H and O–H groups in total. The summed E-state index contributed by atoms with van der Waals surface area (Å²) in [6.45, 7) is 2.78. The van der Waals surface area contributed by atoms with E-state index in [4.69, 9.17) is 17.0 Å². The zero-order valence-corrected chi connectivity index (χ0v) is 12.3. The number of thiocarbonyl (C=S) groups is 1. The van der Waals surface area contributed by atoms with Crippen LogP contribution >= 0.6 is 12.2 Å². The van der Waals surface area contributed by atoms with E-state index in [-0.39, 0.29) is 0 Å². The van der Waals surface area contributed by atoms with Crippen LogP contribution in [0.5, 0.6) is 5.88 Å². The first-order chi connectivity index (χ1) is 9.69. The molecular formula is C15H17N3OS. The van der Waals surface area contributed by atoms with Gasteiger partial charge in [0, 0.05) is 12.6 Å². The predicted octanol–water partition coefficient (Wildman–Crippen LogP) is 2.89. The van der Waals surface area contributed by atoms with Gasteiger partial charge in [0.05, 0.1) is 19.0 Å². The van der Waals surface area contributed by atoms with Gasteiger partial charge in [0.2, 0.25) is 5.88 Å². The number of hydrogen-bond acceptors (Lipinski definition) is 3. The van der Waals surface area contributed by atoms with E-state index in [0.29, 0.717) is 17.5 Å². The van der Waals surface area contributed by atoms with Crippen LogP contribution in [-0.2, 0) is 6.54 Å². The van der Waals surface area contributed by atoms with Crippen molar-refractivity contribution in [2.45, 2.75) is 13.5 Å². The number of aromatic nitrogens is 1. The molecule has 2 aromatic rings. The summed E-state index contributed by atoms with van der Waals surface area (Å²) in [7, 11) is 1.59. The van der Waals surface area contributed by atoms with Crippen LogP contribution in [0.1, 0.15) is 11.1 Å². The largest absolute Gasteiger partial charge is 0.481 e. The summed E-state index contributed by atoms with van der Waals surface area (Å²) in [5, 5.41) is 6.83. The molecule has 0 saturated carbocycles. The highest BCUT2D eigenvalue weighted by atomic mass is 32.1. The Kier molecular flexibility index (Phi) is 4.90. The van der Waals surface area contributed by atoms with E-state index >= 15 is 0 Å². The Bertz CT molecular complexity index is 584. The number of nitrogens with one attached hydrogen (secondary N) is 2. The van der Waals surface area contributed by atoms with Gasteiger partial charge in [-0.15, -0.1) is 0 Å². The molecule has 0 atom stereocenters. The quantitative estimate of drug-likeness (QED) is 0.847. The zero-order valence-electron chi connectivity index (χ0n) is 11.5. The number of nitrogens with zero attached hydrogens (tertiary/aromatic N) is 1. The van der Waals surface area contributed by atoms with Crippen LogP contribution in [0, 0.1) is 6.92 Å². The maximum Gasteiger partial charge on any atom is 0.213 e. The van der Waals surface area contributed by atoms with Crippen LogP contribution in [-0.4, -0.2) is 17.2 Å². The molecule has 0 aliphatic heterocycles. The minimum atomic E-state index is 0.570. The third-order valence-electron chi connectivity index (χ3n) is 2.90. The molecule has 0 aliphatic carbocycles. The lowest BCUT2D eigenvalue weighted by molar-refractivity contribution is 0.398. The Morgan fingerprint density at radius 1 is 1.25 bits per heavy atom. The average Bonchev–Trinajstić information content (AvgIpc) is 2.47. The molecule has 1 heterocycles. The van der Waals surface area contributed by atoms with E-state index in [9.17, 15) is 0 Å². The van der Waals surface area contributed by atoms with Crippen LogP contribution in [0.2, 0.25) is 0 Å². The van der Waals surface area contributed by atoms with Gasteiger partial charge < -0.3 is 15.4 Å². The van der Waals surface area contributed by atoms with Crippen LogP contribution in [0.25, 0.3) is 0 Å². The maximum absolute atomic E-state index is 5.26. The third kappa shape index (κ3) is 3.93. The van der Waals surface area contributed by atoms with Gasteiger partial charge in [-0.1, -0.05) is 24.3 Å². The summed E-state index contributed by atoms with van der Waals surface area (Å²) in [6, 6.07) is 11.9. The number of benzene rings is 1. The second kappa shape index (κ2) is 6.86. The first-order valence-electron chi connectivity index (χ1n) is 6.28. The van der Waals surface area contributed by atoms with Gasteiger partial charge in [0.25, 0.3) is 0 Å². The summed E-state index contributed by atoms with van der Waals surface area (Å²) in [6.07, 6.45) is 1.68. The number of rotatable bonds is 4. The second-order valence-corrected chi connectivity index (χ2v) is 4.73. The number of pyridine rings is 1. The molecule has 2 rings (SSSR count). The molecule has 0 unspecified atom stereocenters. The van der Waals surface area contributed by atoms with E-state index in [1.165, 1.54) is 11.1 Å². The lowest BCUT2D eigenvalue weighted by Gasteiger charge is -2.11. The molecular weight excluding hydrogens is 270 g/mol. The maximum atomic E-state index is 5.26. The SMILES string of the molecule is COc1ccc(NC(=S)NCc2ccccc2C)cn1. The molecule has 0 bridgehead atoms. The Balaban J connectivity index is 1.87. The summed E-state index contributed by atoms with van der Waals surface area (Å²) in [5.74, 6) is 0.578. The summed E-state index contributed by atoms with van der Waals surface area (Å²) < 4.78 is 5.01. The van der Waals surface area contributed by atoms with E-state index in [2.05, 4.69) is 34.7 Å². The molecule has 0 fully saturated rings. The molecule has 0 radical (unpaired) electrons. The summed E-state index contributed by atoms with van der Waals surface area (Å²) in [5.41, 5.74) is 3.30. The fourth-order valence-electron chi connectivity index (χ4n) is 1.73.